The van der Waals surface area contributed by atoms with Gasteiger partial charge in [0.05, 0.1) is 11.4 Å². The Kier molecular flexibility index (Phi) is 3.47. The predicted molar refractivity (Wildman–Crippen MR) is 96.0 cm³/mol. The van der Waals surface area contributed by atoms with E-state index >= 15 is 0 Å². The molecule has 2 aromatic carbocycles. The van der Waals surface area contributed by atoms with Crippen molar-refractivity contribution in [3.8, 4) is 10.4 Å². The third-order valence-electron chi connectivity index (χ3n) is 3.69. The summed E-state index contributed by atoms with van der Waals surface area (Å²) in [7, 11) is 0. The number of nitrogens with zero attached hydrogens (tertiary/aromatic N) is 2. The maximum absolute atomic E-state index is 12.5. The van der Waals surface area contributed by atoms with Gasteiger partial charge in [-0.05, 0) is 47.3 Å². The molecule has 0 fully saturated rings. The molecule has 7 heteroatoms. The molecule has 0 bridgehead atoms. The van der Waals surface area contributed by atoms with Crippen molar-refractivity contribution < 1.29 is 4.79 Å². The molecule has 4 N–H and O–H groups in total. The molecule has 0 saturated heterocycles. The Balaban J connectivity index is 1.64. The van der Waals surface area contributed by atoms with Gasteiger partial charge in [-0.25, -0.2) is 0 Å². The number of nitrogens with two attached hydrogens (primary N) is 1. The highest BCUT2D eigenvalue weighted by molar-refractivity contribution is 7.13. The van der Waals surface area contributed by atoms with Crippen LogP contribution in [-0.4, -0.2) is 21.3 Å². The highest BCUT2D eigenvalue weighted by Crippen LogP contribution is 2.30. The number of H-pyrrole nitrogens is 1. The van der Waals surface area contributed by atoms with Gasteiger partial charge in [-0.3, -0.25) is 4.79 Å². The van der Waals surface area contributed by atoms with Gasteiger partial charge in [-0.15, -0.1) is 11.3 Å². The van der Waals surface area contributed by atoms with Crippen LogP contribution in [0.2, 0.25) is 0 Å². The Labute approximate surface area is 141 Å². The van der Waals surface area contributed by atoms with Crippen LogP contribution in [0.5, 0.6) is 0 Å². The molecular weight excluding hydrogens is 322 g/mol. The predicted octanol–water partition coefficient (Wildman–Crippen LogP) is 3.52. The van der Waals surface area contributed by atoms with Gasteiger partial charge in [0.25, 0.3) is 5.91 Å². The van der Waals surface area contributed by atoms with Crippen molar-refractivity contribution in [3.63, 3.8) is 0 Å². The van der Waals surface area contributed by atoms with Crippen LogP contribution in [0.4, 0.5) is 11.4 Å². The van der Waals surface area contributed by atoms with Gasteiger partial charge in [-0.2, -0.15) is 15.4 Å². The van der Waals surface area contributed by atoms with Gasteiger partial charge in [0, 0.05) is 10.4 Å². The van der Waals surface area contributed by atoms with E-state index in [9.17, 15) is 4.79 Å². The monoisotopic (exact) mass is 335 g/mol. The van der Waals surface area contributed by atoms with Gasteiger partial charge in [0.2, 0.25) is 0 Å². The van der Waals surface area contributed by atoms with Crippen LogP contribution in [0, 0.1) is 0 Å². The minimum Gasteiger partial charge on any atom is -0.397 e. The van der Waals surface area contributed by atoms with Gasteiger partial charge >= 0.3 is 0 Å². The van der Waals surface area contributed by atoms with Crippen LogP contribution < -0.4 is 11.1 Å². The molecule has 0 spiro atoms. The van der Waals surface area contributed by atoms with Crippen LogP contribution in [0.25, 0.3) is 21.5 Å². The maximum Gasteiger partial charge on any atom is 0.255 e. The lowest BCUT2D eigenvalue weighted by Crippen LogP contribution is -2.13. The number of benzene rings is 2. The largest absolute Gasteiger partial charge is 0.397 e. The summed E-state index contributed by atoms with van der Waals surface area (Å²) in [5.74, 6) is -0.241. The van der Waals surface area contributed by atoms with Crippen molar-refractivity contribution in [1.29, 1.82) is 0 Å². The number of aromatic amines is 1. The topological polar surface area (TPSA) is 96.7 Å². The Bertz CT molecular complexity index is 1020. The zero-order valence-electron chi connectivity index (χ0n) is 12.5. The summed E-state index contributed by atoms with van der Waals surface area (Å²) >= 11 is 1.64. The summed E-state index contributed by atoms with van der Waals surface area (Å²) in [5, 5.41) is 15.4. The molecule has 0 radical (unpaired) electrons. The normalized spacial score (nSPS) is 10.8. The average Bonchev–Trinajstić information content (AvgIpc) is 3.27. The van der Waals surface area contributed by atoms with E-state index in [1.54, 1.807) is 35.6 Å². The summed E-state index contributed by atoms with van der Waals surface area (Å²) in [6, 6.07) is 14.8. The van der Waals surface area contributed by atoms with E-state index in [4.69, 9.17) is 5.73 Å². The molecule has 4 aromatic rings. The molecule has 2 heterocycles. The molecule has 0 unspecified atom stereocenters. The Hall–Kier alpha value is -3.19. The van der Waals surface area contributed by atoms with Gasteiger partial charge in [-0.1, -0.05) is 12.1 Å². The molecule has 1 amide bonds. The van der Waals surface area contributed by atoms with E-state index in [2.05, 4.69) is 20.7 Å². The van der Waals surface area contributed by atoms with E-state index in [1.165, 1.54) is 0 Å². The molecule has 0 aliphatic heterocycles. The minimum absolute atomic E-state index is 0.241. The number of thiophene rings is 1. The summed E-state index contributed by atoms with van der Waals surface area (Å²) in [6.45, 7) is 0. The van der Waals surface area contributed by atoms with Gasteiger partial charge in [0.15, 0.2) is 0 Å². The molecule has 2 aromatic heterocycles. The second-order valence-corrected chi connectivity index (χ2v) is 6.21. The van der Waals surface area contributed by atoms with E-state index in [1.807, 2.05) is 29.6 Å². The summed E-state index contributed by atoms with van der Waals surface area (Å²) in [5.41, 5.74) is 9.98. The summed E-state index contributed by atoms with van der Waals surface area (Å²) < 4.78 is 0. The zero-order valence-corrected chi connectivity index (χ0v) is 13.3. The lowest BCUT2D eigenvalue weighted by Gasteiger charge is -2.10. The highest BCUT2D eigenvalue weighted by atomic mass is 32.1. The quantitative estimate of drug-likeness (QED) is 0.499. The van der Waals surface area contributed by atoms with Gasteiger partial charge < -0.3 is 11.1 Å². The SMILES string of the molecule is Nc1ccc(-c2cccs2)cc1NC(=O)c1ccc2n[nH]nc2c1. The molecule has 118 valence electrons. The second kappa shape index (κ2) is 5.78. The Morgan fingerprint density at radius 3 is 2.79 bits per heavy atom. The third kappa shape index (κ3) is 2.61. The Morgan fingerprint density at radius 2 is 1.96 bits per heavy atom. The number of rotatable bonds is 3. The first-order chi connectivity index (χ1) is 11.7. The Morgan fingerprint density at radius 1 is 1.08 bits per heavy atom. The maximum atomic E-state index is 12.5. The fourth-order valence-electron chi connectivity index (χ4n) is 2.44. The molecular formula is C17H13N5OS. The highest BCUT2D eigenvalue weighted by Gasteiger charge is 2.11. The first-order valence-electron chi connectivity index (χ1n) is 7.26. The van der Waals surface area contributed by atoms with Crippen LogP contribution in [0.15, 0.2) is 53.9 Å². The fraction of sp³-hybridized carbons (Fsp3) is 0. The van der Waals surface area contributed by atoms with E-state index in [0.717, 1.165) is 10.4 Å². The molecule has 24 heavy (non-hydrogen) atoms. The third-order valence-corrected chi connectivity index (χ3v) is 4.60. The first-order valence-corrected chi connectivity index (χ1v) is 8.14. The number of carbonyl (C=O) groups excluding carboxylic acids is 1. The number of anilines is 2. The van der Waals surface area contributed by atoms with Gasteiger partial charge in [0.1, 0.15) is 11.0 Å². The number of aromatic nitrogens is 3. The molecule has 0 atom stereocenters. The summed E-state index contributed by atoms with van der Waals surface area (Å²) in [6.07, 6.45) is 0. The molecule has 0 aliphatic rings. The van der Waals surface area contributed by atoms with Crippen LogP contribution in [0.3, 0.4) is 0 Å². The number of hydrogen-bond donors (Lipinski definition) is 3. The molecule has 0 aliphatic carbocycles. The van der Waals surface area contributed by atoms with Crippen LogP contribution in [-0.2, 0) is 0 Å². The lowest BCUT2D eigenvalue weighted by molar-refractivity contribution is 0.102. The standard InChI is InChI=1S/C17H13N5OS/c18-12-5-3-10(16-2-1-7-24-16)8-14(12)19-17(23)11-4-6-13-15(9-11)21-22-20-13/h1-9H,18H2,(H,19,23)(H,20,21,22). The molecule has 6 nitrogen and oxygen atoms in total. The van der Waals surface area contributed by atoms with E-state index in [-0.39, 0.29) is 5.91 Å². The number of carbonyl (C=O) groups is 1. The number of fused-ring (bicyclic) bond motifs is 1. The minimum atomic E-state index is -0.241. The number of nitrogen functional groups attached to an aromatic ring is 1. The number of amides is 1. The van der Waals surface area contributed by atoms with Crippen molar-refractivity contribution in [3.05, 3.63) is 59.5 Å². The molecule has 4 rings (SSSR count). The fourth-order valence-corrected chi connectivity index (χ4v) is 3.16. The second-order valence-electron chi connectivity index (χ2n) is 5.26. The van der Waals surface area contributed by atoms with Crippen molar-refractivity contribution in [1.82, 2.24) is 15.4 Å². The van der Waals surface area contributed by atoms with Crippen LogP contribution in [0.1, 0.15) is 10.4 Å². The summed E-state index contributed by atoms with van der Waals surface area (Å²) in [4.78, 5) is 13.6. The van der Waals surface area contributed by atoms with E-state index in [0.29, 0.717) is 28.0 Å². The number of hydrogen-bond acceptors (Lipinski definition) is 5. The lowest BCUT2D eigenvalue weighted by atomic mass is 10.1. The van der Waals surface area contributed by atoms with Crippen molar-refractivity contribution >= 4 is 39.7 Å². The number of nitrogens with one attached hydrogen (secondary N) is 2. The van der Waals surface area contributed by atoms with Crippen molar-refractivity contribution in [2.24, 2.45) is 0 Å². The van der Waals surface area contributed by atoms with Crippen molar-refractivity contribution in [2.45, 2.75) is 0 Å². The smallest absolute Gasteiger partial charge is 0.255 e. The van der Waals surface area contributed by atoms with Crippen molar-refractivity contribution in [2.75, 3.05) is 11.1 Å². The van der Waals surface area contributed by atoms with Crippen LogP contribution >= 0.6 is 11.3 Å². The first kappa shape index (κ1) is 14.4. The average molecular weight is 335 g/mol. The zero-order chi connectivity index (χ0) is 16.5. The van der Waals surface area contributed by atoms with E-state index < -0.39 is 0 Å². The molecule has 0 saturated carbocycles.